The molecule has 0 saturated carbocycles. The van der Waals surface area contributed by atoms with Gasteiger partial charge in [0, 0.05) is 19.3 Å². The molecule has 1 aromatic heterocycles. The Balaban J connectivity index is 1.53. The molecule has 0 spiro atoms. The number of fused-ring (bicyclic) bond motifs is 1. The zero-order valence-electron chi connectivity index (χ0n) is 17.6. The van der Waals surface area contributed by atoms with Gasteiger partial charge in [-0.2, -0.15) is 0 Å². The molecule has 4 rings (SSSR count). The lowest BCUT2D eigenvalue weighted by Crippen LogP contribution is -2.22. The minimum atomic E-state index is -0.955. The van der Waals surface area contributed by atoms with Crippen molar-refractivity contribution in [3.05, 3.63) is 82.7 Å². The molecule has 0 radical (unpaired) electrons. The summed E-state index contributed by atoms with van der Waals surface area (Å²) >= 11 is 0. The van der Waals surface area contributed by atoms with Crippen LogP contribution in [-0.4, -0.2) is 22.6 Å². The zero-order valence-corrected chi connectivity index (χ0v) is 17.6. The quantitative estimate of drug-likeness (QED) is 0.534. The van der Waals surface area contributed by atoms with Crippen LogP contribution in [0.15, 0.2) is 54.9 Å². The van der Waals surface area contributed by atoms with Gasteiger partial charge in [0.2, 0.25) is 0 Å². The van der Waals surface area contributed by atoms with Gasteiger partial charge in [0.05, 0.1) is 23.5 Å². The second-order valence-corrected chi connectivity index (χ2v) is 8.18. The largest absolute Gasteiger partial charge is 0.478 e. The number of aryl methyl sites for hydroxylation is 1. The van der Waals surface area contributed by atoms with Gasteiger partial charge in [0.25, 0.3) is 0 Å². The van der Waals surface area contributed by atoms with Crippen LogP contribution in [0.3, 0.4) is 0 Å². The van der Waals surface area contributed by atoms with Crippen molar-refractivity contribution < 1.29 is 9.90 Å². The summed E-state index contributed by atoms with van der Waals surface area (Å²) in [4.78, 5) is 15.4. The van der Waals surface area contributed by atoms with Gasteiger partial charge >= 0.3 is 5.97 Å². The Morgan fingerprint density at radius 3 is 2.80 bits per heavy atom. The van der Waals surface area contributed by atoms with Gasteiger partial charge in [-0.15, -0.1) is 0 Å². The van der Waals surface area contributed by atoms with Crippen molar-refractivity contribution in [1.29, 1.82) is 0 Å². The Morgan fingerprint density at radius 2 is 2.07 bits per heavy atom. The average molecular weight is 402 g/mol. The van der Waals surface area contributed by atoms with E-state index in [-0.39, 0.29) is 11.6 Å². The van der Waals surface area contributed by atoms with Crippen molar-refractivity contribution in [2.45, 2.75) is 39.3 Å². The highest BCUT2D eigenvalue weighted by atomic mass is 16.4. The third-order valence-corrected chi connectivity index (χ3v) is 5.83. The van der Waals surface area contributed by atoms with E-state index in [4.69, 9.17) is 0 Å². The highest BCUT2D eigenvalue weighted by Gasteiger charge is 2.23. The predicted octanol–water partition coefficient (Wildman–Crippen LogP) is 5.14. The Kier molecular flexibility index (Phi) is 5.55. The second-order valence-electron chi connectivity index (χ2n) is 8.18. The first kappa shape index (κ1) is 20.1. The van der Waals surface area contributed by atoms with E-state index in [1.807, 2.05) is 0 Å². The third-order valence-electron chi connectivity index (χ3n) is 5.83. The first-order chi connectivity index (χ1) is 14.4. The molecule has 3 aromatic rings. The molecule has 30 heavy (non-hydrogen) atoms. The zero-order chi connectivity index (χ0) is 21.3. The standard InChI is InChI=1S/C25H27N3O2/c1-15(2)17-4-6-20(16(3)10-17)18-5-7-21-19(11-18)12-27-24(21)14-28-23-13-26-9-8-22(23)25(29)30/h4-11,13,15,24,27-28H,12,14H2,1-3H3,(H,29,30)/t24-/m1/s1. The van der Waals surface area contributed by atoms with Crippen LogP contribution in [0.5, 0.6) is 0 Å². The molecule has 0 saturated heterocycles. The highest BCUT2D eigenvalue weighted by molar-refractivity contribution is 5.93. The fourth-order valence-electron chi connectivity index (χ4n) is 4.10. The SMILES string of the molecule is Cc1cc(C(C)C)ccc1-c1ccc2c(c1)CN[C@@H]2CNc1cnccc1C(=O)O. The number of anilines is 1. The van der Waals surface area contributed by atoms with E-state index in [2.05, 4.69) is 72.8 Å². The second kappa shape index (κ2) is 8.28. The van der Waals surface area contributed by atoms with Crippen LogP contribution in [0.25, 0.3) is 11.1 Å². The number of carbonyl (C=O) groups is 1. The number of benzene rings is 2. The molecule has 154 valence electrons. The summed E-state index contributed by atoms with van der Waals surface area (Å²) in [6, 6.07) is 15.0. The molecule has 0 amide bonds. The molecule has 2 heterocycles. The summed E-state index contributed by atoms with van der Waals surface area (Å²) < 4.78 is 0. The molecule has 2 aromatic carbocycles. The Hall–Kier alpha value is -3.18. The molecule has 0 fully saturated rings. The summed E-state index contributed by atoms with van der Waals surface area (Å²) in [6.07, 6.45) is 3.06. The van der Waals surface area contributed by atoms with Crippen LogP contribution < -0.4 is 10.6 Å². The molecule has 1 aliphatic rings. The Bertz CT molecular complexity index is 1090. The number of nitrogens with one attached hydrogen (secondary N) is 2. The predicted molar refractivity (Wildman–Crippen MR) is 120 cm³/mol. The number of carboxylic acids is 1. The first-order valence-electron chi connectivity index (χ1n) is 10.3. The molecular formula is C25H27N3O2. The van der Waals surface area contributed by atoms with Gasteiger partial charge in [-0.05, 0) is 58.4 Å². The summed E-state index contributed by atoms with van der Waals surface area (Å²) in [7, 11) is 0. The van der Waals surface area contributed by atoms with Crippen LogP contribution in [0.1, 0.15) is 58.4 Å². The van der Waals surface area contributed by atoms with E-state index in [0.29, 0.717) is 18.2 Å². The fourth-order valence-corrected chi connectivity index (χ4v) is 4.10. The maximum atomic E-state index is 11.4. The number of nitrogens with zero attached hydrogens (tertiary/aromatic N) is 1. The lowest BCUT2D eigenvalue weighted by Gasteiger charge is -2.16. The molecule has 3 N–H and O–H groups in total. The van der Waals surface area contributed by atoms with Crippen LogP contribution >= 0.6 is 0 Å². The Labute approximate surface area is 177 Å². The molecule has 5 nitrogen and oxygen atoms in total. The fraction of sp³-hybridized carbons (Fsp3) is 0.280. The lowest BCUT2D eigenvalue weighted by atomic mass is 9.92. The van der Waals surface area contributed by atoms with Crippen LogP contribution in [0.4, 0.5) is 5.69 Å². The van der Waals surface area contributed by atoms with Gasteiger partial charge in [-0.1, -0.05) is 44.2 Å². The van der Waals surface area contributed by atoms with Gasteiger partial charge < -0.3 is 15.7 Å². The minimum Gasteiger partial charge on any atom is -0.478 e. The van der Waals surface area contributed by atoms with Crippen molar-refractivity contribution in [1.82, 2.24) is 10.3 Å². The smallest absolute Gasteiger partial charge is 0.337 e. The molecule has 0 bridgehead atoms. The maximum Gasteiger partial charge on any atom is 0.337 e. The van der Waals surface area contributed by atoms with Crippen molar-refractivity contribution in [3.8, 4) is 11.1 Å². The van der Waals surface area contributed by atoms with Gasteiger partial charge in [-0.3, -0.25) is 4.98 Å². The number of carboxylic acid groups (broad SMARTS) is 1. The topological polar surface area (TPSA) is 74.2 Å². The summed E-state index contributed by atoms with van der Waals surface area (Å²) in [5.41, 5.74) is 8.48. The van der Waals surface area contributed by atoms with E-state index in [9.17, 15) is 9.90 Å². The number of hydrogen-bond acceptors (Lipinski definition) is 4. The van der Waals surface area contributed by atoms with E-state index in [1.54, 1.807) is 6.20 Å². The van der Waals surface area contributed by atoms with Crippen molar-refractivity contribution in [2.75, 3.05) is 11.9 Å². The van der Waals surface area contributed by atoms with Gasteiger partial charge in [0.1, 0.15) is 0 Å². The third kappa shape index (κ3) is 3.94. The van der Waals surface area contributed by atoms with Crippen LogP contribution in [0.2, 0.25) is 0 Å². The molecule has 1 aliphatic heterocycles. The van der Waals surface area contributed by atoms with E-state index in [1.165, 1.54) is 45.6 Å². The van der Waals surface area contributed by atoms with Gasteiger partial charge in [0.15, 0.2) is 0 Å². The van der Waals surface area contributed by atoms with Crippen LogP contribution in [0, 0.1) is 6.92 Å². The monoisotopic (exact) mass is 401 g/mol. The van der Waals surface area contributed by atoms with E-state index < -0.39 is 5.97 Å². The van der Waals surface area contributed by atoms with Crippen molar-refractivity contribution in [2.24, 2.45) is 0 Å². The molecule has 0 aliphatic carbocycles. The van der Waals surface area contributed by atoms with Crippen LogP contribution in [-0.2, 0) is 6.54 Å². The number of aromatic carboxylic acids is 1. The summed E-state index contributed by atoms with van der Waals surface area (Å²) in [6.45, 7) is 8.01. The van der Waals surface area contributed by atoms with Crippen molar-refractivity contribution >= 4 is 11.7 Å². The van der Waals surface area contributed by atoms with Gasteiger partial charge in [-0.25, -0.2) is 4.79 Å². The summed E-state index contributed by atoms with van der Waals surface area (Å²) in [5.74, 6) is -0.431. The number of pyridine rings is 1. The van der Waals surface area contributed by atoms with E-state index >= 15 is 0 Å². The summed E-state index contributed by atoms with van der Waals surface area (Å²) in [5, 5.41) is 16.1. The number of rotatable bonds is 6. The number of aromatic nitrogens is 1. The average Bonchev–Trinajstić information content (AvgIpc) is 3.14. The first-order valence-corrected chi connectivity index (χ1v) is 10.3. The highest BCUT2D eigenvalue weighted by Crippen LogP contribution is 2.32. The molecule has 0 unspecified atom stereocenters. The molecule has 1 atom stereocenters. The number of hydrogen-bond donors (Lipinski definition) is 3. The molecule has 5 heteroatoms. The Morgan fingerprint density at radius 1 is 1.23 bits per heavy atom. The maximum absolute atomic E-state index is 11.4. The lowest BCUT2D eigenvalue weighted by molar-refractivity contribution is 0.0698. The van der Waals surface area contributed by atoms with Crippen molar-refractivity contribution in [3.63, 3.8) is 0 Å². The van der Waals surface area contributed by atoms with E-state index in [0.717, 1.165) is 6.54 Å². The molecular weight excluding hydrogens is 374 g/mol. The minimum absolute atomic E-state index is 0.125. The normalized spacial score (nSPS) is 15.3.